The Labute approximate surface area is 581 Å². The highest BCUT2D eigenvalue weighted by atomic mass is 31.2. The number of phosphoric ester groups is 2. The Hall–Kier alpha value is -1.94. The van der Waals surface area contributed by atoms with Crippen LogP contribution in [0.3, 0.4) is 0 Å². The van der Waals surface area contributed by atoms with Crippen LogP contribution in [0.2, 0.25) is 0 Å². The summed E-state index contributed by atoms with van der Waals surface area (Å²) in [4.78, 5) is 72.8. The van der Waals surface area contributed by atoms with E-state index >= 15 is 0 Å². The summed E-state index contributed by atoms with van der Waals surface area (Å²) in [7, 11) is -9.91. The Bertz CT molecular complexity index is 1850. The highest BCUT2D eigenvalue weighted by molar-refractivity contribution is 7.47. The molecule has 0 aromatic rings. The molecule has 0 rings (SSSR count). The number of carbonyl (C=O) groups excluding carboxylic acids is 4. The van der Waals surface area contributed by atoms with E-state index in [0.29, 0.717) is 25.7 Å². The molecule has 0 aromatic heterocycles. The molecule has 2 unspecified atom stereocenters. The normalized spacial score (nSPS) is 14.1. The molecule has 0 amide bonds. The Morgan fingerprint density at radius 2 is 0.484 bits per heavy atom. The van der Waals surface area contributed by atoms with Crippen LogP contribution < -0.4 is 0 Å². The SMILES string of the molecule is CCCCCCCCCCCCC(=O)OC[C@H](COP(=O)(O)OC[C@H](O)COP(=O)(O)OC[C@@H](COC(=O)CCCCCCCCCCCCCCC(C)C)OC(=O)CCCCCCCCCCCCCCCCC(C)C)OC(=O)CCCCCCCCCCCCC(C)C. The minimum Gasteiger partial charge on any atom is -0.462 e. The molecule has 0 aliphatic rings. The van der Waals surface area contributed by atoms with Crippen molar-refractivity contribution in [3.8, 4) is 0 Å². The molecule has 19 heteroatoms. The molecular weight excluding hydrogens is 1250 g/mol. The zero-order valence-electron chi connectivity index (χ0n) is 62.1. The lowest BCUT2D eigenvalue weighted by atomic mass is 10.0. The van der Waals surface area contributed by atoms with Gasteiger partial charge in [0, 0.05) is 25.7 Å². The van der Waals surface area contributed by atoms with Crippen molar-refractivity contribution in [2.24, 2.45) is 17.8 Å². The fourth-order valence-electron chi connectivity index (χ4n) is 11.6. The second kappa shape index (κ2) is 66.6. The zero-order valence-corrected chi connectivity index (χ0v) is 63.9. The molecular formula is C76H148O17P2. The fraction of sp³-hybridized carbons (Fsp3) is 0.947. The van der Waals surface area contributed by atoms with Crippen molar-refractivity contribution in [2.75, 3.05) is 39.6 Å². The molecule has 0 saturated carbocycles. The number of unbranched alkanes of at least 4 members (excludes halogenated alkanes) is 42. The van der Waals surface area contributed by atoms with Crippen molar-refractivity contribution in [2.45, 2.75) is 407 Å². The van der Waals surface area contributed by atoms with Gasteiger partial charge in [0.25, 0.3) is 0 Å². The number of carbonyl (C=O) groups is 4. The minimum absolute atomic E-state index is 0.106. The molecule has 0 bridgehead atoms. The van der Waals surface area contributed by atoms with E-state index in [2.05, 4.69) is 48.5 Å². The molecule has 0 aromatic carbocycles. The lowest BCUT2D eigenvalue weighted by Gasteiger charge is -2.21. The van der Waals surface area contributed by atoms with Crippen LogP contribution in [-0.4, -0.2) is 96.7 Å². The number of hydrogen-bond donors (Lipinski definition) is 3. The molecule has 5 atom stereocenters. The fourth-order valence-corrected chi connectivity index (χ4v) is 13.2. The highest BCUT2D eigenvalue weighted by Gasteiger charge is 2.30. The smallest absolute Gasteiger partial charge is 0.462 e. The van der Waals surface area contributed by atoms with Crippen LogP contribution in [-0.2, 0) is 65.4 Å². The molecule has 0 saturated heterocycles. The van der Waals surface area contributed by atoms with E-state index in [4.69, 9.17) is 37.0 Å². The Kier molecular flexibility index (Phi) is 65.2. The summed E-state index contributed by atoms with van der Waals surface area (Å²) in [5.74, 6) is 0.212. The third-order valence-electron chi connectivity index (χ3n) is 17.6. The third kappa shape index (κ3) is 70.3. The summed E-state index contributed by atoms with van der Waals surface area (Å²) in [6, 6.07) is 0. The van der Waals surface area contributed by atoms with E-state index in [0.717, 1.165) is 108 Å². The molecule has 17 nitrogen and oxygen atoms in total. The number of aliphatic hydroxyl groups is 1. The molecule has 0 heterocycles. The van der Waals surface area contributed by atoms with Gasteiger partial charge in [-0.25, -0.2) is 9.13 Å². The molecule has 564 valence electrons. The highest BCUT2D eigenvalue weighted by Crippen LogP contribution is 2.45. The summed E-state index contributed by atoms with van der Waals surface area (Å²) in [6.45, 7) is 11.9. The van der Waals surface area contributed by atoms with Crippen LogP contribution in [0, 0.1) is 17.8 Å². The second-order valence-corrected chi connectivity index (χ2v) is 31.7. The number of hydrogen-bond acceptors (Lipinski definition) is 15. The number of rotatable bonds is 74. The molecule has 0 fully saturated rings. The van der Waals surface area contributed by atoms with Crippen LogP contribution in [0.25, 0.3) is 0 Å². The van der Waals surface area contributed by atoms with E-state index in [1.54, 1.807) is 0 Å². The maximum absolute atomic E-state index is 13.1. The first-order chi connectivity index (χ1) is 45.7. The van der Waals surface area contributed by atoms with Gasteiger partial charge in [-0.2, -0.15) is 0 Å². The van der Waals surface area contributed by atoms with Crippen molar-refractivity contribution in [1.82, 2.24) is 0 Å². The molecule has 0 radical (unpaired) electrons. The standard InChI is InChI=1S/C76H148O17P2/c1-8-9-10-11-12-13-29-36-43-50-57-73(78)86-63-71(93-76(81)60-53-46-39-32-25-24-28-35-42-49-56-69(6)7)65-90-94(82,83)88-61-70(77)62-89-95(84,85)91-66-72(64-87-74(79)58-51-44-37-30-22-19-18-21-27-34-41-48-55-68(4)5)92-75(80)59-52-45-38-31-23-17-15-14-16-20-26-33-40-47-54-67(2)3/h67-72,77H,8-66H2,1-7H3,(H,82,83)(H,84,85)/t70-,71+,72+/m0/s1. The summed E-state index contributed by atoms with van der Waals surface area (Å²) in [5, 5.41) is 10.6. The average molecular weight is 1400 g/mol. The van der Waals surface area contributed by atoms with Gasteiger partial charge in [-0.3, -0.25) is 37.3 Å². The Morgan fingerprint density at radius 1 is 0.284 bits per heavy atom. The predicted octanol–water partition coefficient (Wildman–Crippen LogP) is 22.2. The van der Waals surface area contributed by atoms with Crippen molar-refractivity contribution in [1.29, 1.82) is 0 Å². The van der Waals surface area contributed by atoms with Crippen molar-refractivity contribution in [3.05, 3.63) is 0 Å². The van der Waals surface area contributed by atoms with Crippen LogP contribution in [0.15, 0.2) is 0 Å². The van der Waals surface area contributed by atoms with Crippen LogP contribution in [0.4, 0.5) is 0 Å². The van der Waals surface area contributed by atoms with Gasteiger partial charge in [0.05, 0.1) is 26.4 Å². The maximum atomic E-state index is 13.1. The van der Waals surface area contributed by atoms with E-state index in [-0.39, 0.29) is 25.7 Å². The molecule has 0 spiro atoms. The monoisotopic (exact) mass is 1400 g/mol. The third-order valence-corrected chi connectivity index (χ3v) is 19.5. The van der Waals surface area contributed by atoms with Gasteiger partial charge in [0.2, 0.25) is 0 Å². The van der Waals surface area contributed by atoms with Crippen molar-refractivity contribution in [3.63, 3.8) is 0 Å². The van der Waals surface area contributed by atoms with Crippen LogP contribution >= 0.6 is 15.6 Å². The first kappa shape index (κ1) is 93.1. The van der Waals surface area contributed by atoms with E-state index in [1.165, 1.54) is 199 Å². The van der Waals surface area contributed by atoms with Gasteiger partial charge < -0.3 is 33.8 Å². The van der Waals surface area contributed by atoms with Gasteiger partial charge in [-0.05, 0) is 43.4 Å². The second-order valence-electron chi connectivity index (χ2n) is 28.8. The molecule has 0 aliphatic carbocycles. The first-order valence-electron chi connectivity index (χ1n) is 39.3. The molecule has 3 N–H and O–H groups in total. The molecule has 95 heavy (non-hydrogen) atoms. The van der Waals surface area contributed by atoms with Gasteiger partial charge in [-0.15, -0.1) is 0 Å². The number of aliphatic hydroxyl groups excluding tert-OH is 1. The maximum Gasteiger partial charge on any atom is 0.472 e. The predicted molar refractivity (Wildman–Crippen MR) is 386 cm³/mol. The number of esters is 4. The van der Waals surface area contributed by atoms with E-state index in [9.17, 15) is 43.2 Å². The lowest BCUT2D eigenvalue weighted by Crippen LogP contribution is -2.30. The van der Waals surface area contributed by atoms with Gasteiger partial charge in [0.1, 0.15) is 19.3 Å². The Balaban J connectivity index is 5.25. The van der Waals surface area contributed by atoms with Crippen LogP contribution in [0.1, 0.15) is 389 Å². The Morgan fingerprint density at radius 3 is 0.716 bits per heavy atom. The van der Waals surface area contributed by atoms with Crippen LogP contribution in [0.5, 0.6) is 0 Å². The number of phosphoric acid groups is 2. The van der Waals surface area contributed by atoms with Crippen molar-refractivity contribution < 1.29 is 80.2 Å². The first-order valence-corrected chi connectivity index (χ1v) is 42.3. The minimum atomic E-state index is -4.96. The summed E-state index contributed by atoms with van der Waals surface area (Å²) in [5.41, 5.74) is 0. The topological polar surface area (TPSA) is 237 Å². The average Bonchev–Trinajstić information content (AvgIpc) is 2.60. The summed E-state index contributed by atoms with van der Waals surface area (Å²) >= 11 is 0. The largest absolute Gasteiger partial charge is 0.472 e. The van der Waals surface area contributed by atoms with E-state index in [1.807, 2.05) is 0 Å². The quantitative estimate of drug-likeness (QED) is 0.0222. The van der Waals surface area contributed by atoms with Gasteiger partial charge >= 0.3 is 39.5 Å². The summed E-state index contributed by atoms with van der Waals surface area (Å²) < 4.78 is 68.5. The zero-order chi connectivity index (χ0) is 70.1. The van der Waals surface area contributed by atoms with Crippen molar-refractivity contribution >= 4 is 39.5 Å². The van der Waals surface area contributed by atoms with Gasteiger partial charge in [0.15, 0.2) is 12.2 Å². The summed E-state index contributed by atoms with van der Waals surface area (Å²) in [6.07, 6.45) is 52.6. The number of ether oxygens (including phenoxy) is 4. The van der Waals surface area contributed by atoms with Gasteiger partial charge in [-0.1, -0.05) is 337 Å². The van der Waals surface area contributed by atoms with E-state index < -0.39 is 97.5 Å². The molecule has 0 aliphatic heterocycles. The lowest BCUT2D eigenvalue weighted by molar-refractivity contribution is -0.161.